The van der Waals surface area contributed by atoms with Crippen molar-refractivity contribution in [2.45, 2.75) is 27.4 Å². The van der Waals surface area contributed by atoms with E-state index in [4.69, 9.17) is 4.74 Å². The second kappa shape index (κ2) is 9.74. The lowest BCUT2D eigenvalue weighted by atomic mass is 9.99. The molecule has 1 aliphatic rings. The predicted octanol–water partition coefficient (Wildman–Crippen LogP) is 6.01. The summed E-state index contributed by atoms with van der Waals surface area (Å²) in [7, 11) is 0. The third-order valence-corrected chi connectivity index (χ3v) is 6.29. The molecule has 4 aromatic carbocycles. The molecule has 1 N–H and O–H groups in total. The number of fused-ring (bicyclic) bond motifs is 1. The van der Waals surface area contributed by atoms with Crippen molar-refractivity contribution >= 4 is 40.4 Å². The van der Waals surface area contributed by atoms with Crippen LogP contribution in [0, 0.1) is 20.8 Å². The Morgan fingerprint density at radius 3 is 2.24 bits per heavy atom. The number of barbiturate groups is 1. The fraction of sp³-hybridized carbons (Fsp3) is 0.129. The van der Waals surface area contributed by atoms with Crippen LogP contribution in [0.15, 0.2) is 84.4 Å². The highest BCUT2D eigenvalue weighted by Crippen LogP contribution is 2.32. The first kappa shape index (κ1) is 24.0. The highest BCUT2D eigenvalue weighted by Gasteiger charge is 2.37. The third kappa shape index (κ3) is 4.86. The van der Waals surface area contributed by atoms with Crippen LogP contribution in [0.2, 0.25) is 0 Å². The van der Waals surface area contributed by atoms with Crippen LogP contribution in [0.1, 0.15) is 27.8 Å². The number of aryl methyl sites for hydroxylation is 3. The van der Waals surface area contributed by atoms with Crippen molar-refractivity contribution < 1.29 is 19.1 Å². The molecule has 1 saturated heterocycles. The lowest BCUT2D eigenvalue weighted by Gasteiger charge is -2.26. The van der Waals surface area contributed by atoms with Crippen LogP contribution in [0.3, 0.4) is 0 Å². The Bertz CT molecular complexity index is 1560. The van der Waals surface area contributed by atoms with Crippen LogP contribution in [-0.2, 0) is 16.2 Å². The van der Waals surface area contributed by atoms with Crippen molar-refractivity contribution in [3.8, 4) is 5.75 Å². The number of benzene rings is 4. The number of nitrogens with one attached hydrogen (secondary N) is 1. The van der Waals surface area contributed by atoms with Crippen molar-refractivity contribution in [2.24, 2.45) is 0 Å². The van der Waals surface area contributed by atoms with Gasteiger partial charge in [0.1, 0.15) is 17.9 Å². The van der Waals surface area contributed by atoms with Gasteiger partial charge in [0.25, 0.3) is 11.8 Å². The second-order valence-corrected chi connectivity index (χ2v) is 9.28. The van der Waals surface area contributed by atoms with Crippen LogP contribution in [-0.4, -0.2) is 17.8 Å². The van der Waals surface area contributed by atoms with Crippen molar-refractivity contribution in [1.29, 1.82) is 0 Å². The van der Waals surface area contributed by atoms with Gasteiger partial charge in [-0.1, -0.05) is 77.4 Å². The highest BCUT2D eigenvalue weighted by molar-refractivity contribution is 6.39. The maximum Gasteiger partial charge on any atom is 0.335 e. The Balaban J connectivity index is 1.58. The van der Waals surface area contributed by atoms with Gasteiger partial charge in [-0.2, -0.15) is 0 Å². The summed E-state index contributed by atoms with van der Waals surface area (Å²) in [5, 5.41) is 4.06. The number of carbonyl (C=O) groups is 3. The minimum atomic E-state index is -0.778. The largest absolute Gasteiger partial charge is 0.488 e. The molecular formula is C31H26N2O4. The molecule has 0 unspecified atom stereocenters. The summed E-state index contributed by atoms with van der Waals surface area (Å²) >= 11 is 0. The average Bonchev–Trinajstić information content (AvgIpc) is 2.86. The standard InChI is InChI=1S/C31H26N2O4/c1-19-8-11-24(12-9-19)33-30(35)27(29(34)32-31(33)36)17-26-25-7-5-4-6-23(25)10-13-28(26)37-18-22-15-20(2)14-21(3)16-22/h4-17H,18H2,1-3H3,(H,32,34,36)/b27-17+. The van der Waals surface area contributed by atoms with Crippen LogP contribution < -0.4 is 15.0 Å². The van der Waals surface area contributed by atoms with Gasteiger partial charge in [-0.15, -0.1) is 0 Å². The summed E-state index contributed by atoms with van der Waals surface area (Å²) in [6.07, 6.45) is 1.52. The molecule has 37 heavy (non-hydrogen) atoms. The molecule has 0 aromatic heterocycles. The smallest absolute Gasteiger partial charge is 0.335 e. The lowest BCUT2D eigenvalue weighted by Crippen LogP contribution is -2.54. The first-order chi connectivity index (χ1) is 17.8. The number of amides is 4. The Labute approximate surface area is 215 Å². The minimum absolute atomic E-state index is 0.146. The Morgan fingerprint density at radius 2 is 1.51 bits per heavy atom. The van der Waals surface area contributed by atoms with Crippen molar-refractivity contribution in [1.82, 2.24) is 5.32 Å². The van der Waals surface area contributed by atoms with Gasteiger partial charge in [0, 0.05) is 5.56 Å². The van der Waals surface area contributed by atoms with Gasteiger partial charge in [0.15, 0.2) is 0 Å². The molecular weight excluding hydrogens is 464 g/mol. The number of anilines is 1. The third-order valence-electron chi connectivity index (χ3n) is 6.29. The second-order valence-electron chi connectivity index (χ2n) is 9.28. The molecule has 0 saturated carbocycles. The average molecular weight is 491 g/mol. The lowest BCUT2D eigenvalue weighted by molar-refractivity contribution is -0.122. The van der Waals surface area contributed by atoms with Crippen molar-refractivity contribution in [2.75, 3.05) is 4.90 Å². The van der Waals surface area contributed by atoms with Gasteiger partial charge in [0.05, 0.1) is 5.69 Å². The zero-order valence-electron chi connectivity index (χ0n) is 20.9. The van der Waals surface area contributed by atoms with Crippen LogP contribution in [0.5, 0.6) is 5.75 Å². The van der Waals surface area contributed by atoms with E-state index in [-0.39, 0.29) is 5.57 Å². The maximum atomic E-state index is 13.5. The molecule has 5 rings (SSSR count). The number of carbonyl (C=O) groups excluding carboxylic acids is 3. The van der Waals surface area contributed by atoms with E-state index >= 15 is 0 Å². The minimum Gasteiger partial charge on any atom is -0.488 e. The topological polar surface area (TPSA) is 75.7 Å². The van der Waals surface area contributed by atoms with Gasteiger partial charge >= 0.3 is 6.03 Å². The quantitative estimate of drug-likeness (QED) is 0.275. The molecule has 0 aliphatic carbocycles. The number of rotatable bonds is 5. The number of hydrogen-bond acceptors (Lipinski definition) is 4. The zero-order valence-corrected chi connectivity index (χ0v) is 20.9. The summed E-state index contributed by atoms with van der Waals surface area (Å²) in [5.74, 6) is -0.901. The van der Waals surface area contributed by atoms with Crippen LogP contribution >= 0.6 is 0 Å². The molecule has 0 atom stereocenters. The normalized spacial score (nSPS) is 14.8. The molecule has 0 spiro atoms. The van der Waals surface area contributed by atoms with Gasteiger partial charge in [0.2, 0.25) is 0 Å². The number of hydrogen-bond donors (Lipinski definition) is 1. The number of ether oxygens (including phenoxy) is 1. The molecule has 1 fully saturated rings. The molecule has 6 nitrogen and oxygen atoms in total. The van der Waals surface area contributed by atoms with Gasteiger partial charge in [-0.25, -0.2) is 9.69 Å². The van der Waals surface area contributed by atoms with Crippen molar-refractivity contribution in [3.63, 3.8) is 0 Å². The van der Waals surface area contributed by atoms with Crippen molar-refractivity contribution in [3.05, 3.63) is 112 Å². The van der Waals surface area contributed by atoms with E-state index < -0.39 is 17.8 Å². The van der Waals surface area contributed by atoms with Gasteiger partial charge in [-0.3, -0.25) is 14.9 Å². The van der Waals surface area contributed by atoms with Crippen LogP contribution in [0.4, 0.5) is 10.5 Å². The molecule has 184 valence electrons. The molecule has 4 aromatic rings. The first-order valence-electron chi connectivity index (χ1n) is 12.0. The SMILES string of the molecule is Cc1ccc(N2C(=O)NC(=O)/C(=C\c3c(OCc4cc(C)cc(C)c4)ccc4ccccc34)C2=O)cc1. The van der Waals surface area contributed by atoms with E-state index in [2.05, 4.69) is 23.5 Å². The summed E-state index contributed by atoms with van der Waals surface area (Å²) in [5.41, 5.74) is 5.13. The molecule has 6 heteroatoms. The summed E-state index contributed by atoms with van der Waals surface area (Å²) in [6, 6.07) is 23.9. The Hall–Kier alpha value is -4.71. The number of imide groups is 2. The van der Waals surface area contributed by atoms with E-state index in [1.54, 1.807) is 24.3 Å². The molecule has 0 radical (unpaired) electrons. The fourth-order valence-corrected chi connectivity index (χ4v) is 4.59. The van der Waals surface area contributed by atoms with E-state index in [0.717, 1.165) is 37.9 Å². The van der Waals surface area contributed by atoms with E-state index in [9.17, 15) is 14.4 Å². The summed E-state index contributed by atoms with van der Waals surface area (Å²) in [6.45, 7) is 6.32. The summed E-state index contributed by atoms with van der Waals surface area (Å²) < 4.78 is 6.23. The number of urea groups is 1. The van der Waals surface area contributed by atoms with Gasteiger partial charge < -0.3 is 4.74 Å². The molecule has 4 amide bonds. The maximum absolute atomic E-state index is 13.5. The first-order valence-corrected chi connectivity index (χ1v) is 12.0. The summed E-state index contributed by atoms with van der Waals surface area (Å²) in [4.78, 5) is 39.9. The van der Waals surface area contributed by atoms with E-state index in [1.807, 2.05) is 57.2 Å². The van der Waals surface area contributed by atoms with Crippen LogP contribution in [0.25, 0.3) is 16.8 Å². The van der Waals surface area contributed by atoms with E-state index in [1.165, 1.54) is 6.08 Å². The number of nitrogens with zero attached hydrogens (tertiary/aromatic N) is 1. The predicted molar refractivity (Wildman–Crippen MR) is 144 cm³/mol. The Morgan fingerprint density at radius 1 is 0.811 bits per heavy atom. The van der Waals surface area contributed by atoms with E-state index in [0.29, 0.717) is 23.6 Å². The fourth-order valence-electron chi connectivity index (χ4n) is 4.59. The highest BCUT2D eigenvalue weighted by atomic mass is 16.5. The molecule has 0 bridgehead atoms. The van der Waals surface area contributed by atoms with Gasteiger partial charge in [-0.05, 0) is 61.4 Å². The monoisotopic (exact) mass is 490 g/mol. The zero-order chi connectivity index (χ0) is 26.1. The molecule has 1 aliphatic heterocycles. The molecule has 1 heterocycles. The Kier molecular flexibility index (Phi) is 6.32.